The van der Waals surface area contributed by atoms with Gasteiger partial charge in [0.15, 0.2) is 6.61 Å². The number of amides is 1. The van der Waals surface area contributed by atoms with Crippen molar-refractivity contribution >= 4 is 11.6 Å². The largest absolute Gasteiger partial charge is 0.483 e. The summed E-state index contributed by atoms with van der Waals surface area (Å²) in [5.74, 6) is 0.923. The van der Waals surface area contributed by atoms with Crippen LogP contribution in [0, 0.1) is 20.8 Å². The Morgan fingerprint density at radius 1 is 1.07 bits per heavy atom. The molecule has 0 atom stereocenters. The van der Waals surface area contributed by atoms with Crippen LogP contribution in [-0.4, -0.2) is 22.5 Å². The van der Waals surface area contributed by atoms with E-state index in [9.17, 15) is 9.59 Å². The molecule has 0 saturated carbocycles. The summed E-state index contributed by atoms with van der Waals surface area (Å²) < 4.78 is 5.68. The van der Waals surface area contributed by atoms with E-state index in [1.165, 1.54) is 6.07 Å². The highest BCUT2D eigenvalue weighted by Crippen LogP contribution is 2.22. The fourth-order valence-corrected chi connectivity index (χ4v) is 2.82. The molecule has 6 heteroatoms. The molecule has 0 radical (unpaired) electrons. The molecule has 0 bridgehead atoms. The summed E-state index contributed by atoms with van der Waals surface area (Å²) in [6, 6.07) is 14.4. The van der Waals surface area contributed by atoms with Crippen LogP contribution in [0.25, 0.3) is 11.4 Å². The second-order valence-corrected chi connectivity index (χ2v) is 6.37. The summed E-state index contributed by atoms with van der Waals surface area (Å²) in [6.07, 6.45) is 0. The first kappa shape index (κ1) is 18.4. The summed E-state index contributed by atoms with van der Waals surface area (Å²) in [5.41, 5.74) is 3.70. The Kier molecular flexibility index (Phi) is 5.35. The number of aryl methyl sites for hydroxylation is 3. The smallest absolute Gasteiger partial charge is 0.262 e. The van der Waals surface area contributed by atoms with Crippen molar-refractivity contribution in [2.24, 2.45) is 0 Å². The highest BCUT2D eigenvalue weighted by molar-refractivity contribution is 5.92. The Hall–Kier alpha value is -3.41. The topological polar surface area (TPSA) is 84.1 Å². The number of hydrogen-bond acceptors (Lipinski definition) is 4. The Labute approximate surface area is 157 Å². The van der Waals surface area contributed by atoms with Gasteiger partial charge in [-0.3, -0.25) is 9.59 Å². The number of aromatic amines is 1. The Morgan fingerprint density at radius 2 is 1.78 bits per heavy atom. The monoisotopic (exact) mass is 363 g/mol. The van der Waals surface area contributed by atoms with Gasteiger partial charge in [0.1, 0.15) is 11.6 Å². The van der Waals surface area contributed by atoms with Gasteiger partial charge in [-0.05, 0) is 44.0 Å². The van der Waals surface area contributed by atoms with Gasteiger partial charge in [-0.1, -0.05) is 30.3 Å². The summed E-state index contributed by atoms with van der Waals surface area (Å²) >= 11 is 0. The minimum atomic E-state index is -0.263. The van der Waals surface area contributed by atoms with E-state index in [0.29, 0.717) is 22.8 Å². The standard InChI is InChI=1S/C21H21N3O3/c1-13-6-4-7-14(2)20(13)27-12-19(26)23-17-9-5-8-16(11-17)21-22-15(3)10-18(25)24-21/h4-11H,12H2,1-3H3,(H,23,26)(H,22,24,25). The minimum Gasteiger partial charge on any atom is -0.483 e. The van der Waals surface area contributed by atoms with E-state index >= 15 is 0 Å². The van der Waals surface area contributed by atoms with Crippen LogP contribution in [0.1, 0.15) is 16.8 Å². The van der Waals surface area contributed by atoms with Crippen LogP contribution in [-0.2, 0) is 4.79 Å². The number of carbonyl (C=O) groups is 1. The maximum atomic E-state index is 12.3. The maximum absolute atomic E-state index is 12.3. The molecule has 0 unspecified atom stereocenters. The molecule has 2 aromatic carbocycles. The van der Waals surface area contributed by atoms with E-state index in [0.717, 1.165) is 16.9 Å². The number of rotatable bonds is 5. The number of H-pyrrole nitrogens is 1. The molecule has 6 nitrogen and oxygen atoms in total. The molecule has 0 spiro atoms. The molecule has 0 aliphatic carbocycles. The highest BCUT2D eigenvalue weighted by Gasteiger charge is 2.09. The Morgan fingerprint density at radius 3 is 2.48 bits per heavy atom. The number of carbonyl (C=O) groups excluding carboxylic acids is 1. The molecule has 1 heterocycles. The number of nitrogens with zero attached hydrogens (tertiary/aromatic N) is 1. The molecule has 0 saturated heterocycles. The fourth-order valence-electron chi connectivity index (χ4n) is 2.82. The van der Waals surface area contributed by atoms with Gasteiger partial charge in [-0.2, -0.15) is 0 Å². The third-order valence-electron chi connectivity index (χ3n) is 4.05. The summed E-state index contributed by atoms with van der Waals surface area (Å²) in [5, 5.41) is 2.81. The molecule has 0 aliphatic rings. The lowest BCUT2D eigenvalue weighted by atomic mass is 10.1. The second-order valence-electron chi connectivity index (χ2n) is 6.37. The summed E-state index contributed by atoms with van der Waals surface area (Å²) in [6.45, 7) is 5.56. The fraction of sp³-hybridized carbons (Fsp3) is 0.190. The van der Waals surface area contributed by atoms with Crippen molar-refractivity contribution in [3.05, 3.63) is 75.7 Å². The number of ether oxygens (including phenoxy) is 1. The average molecular weight is 363 g/mol. The zero-order valence-electron chi connectivity index (χ0n) is 15.5. The van der Waals surface area contributed by atoms with Gasteiger partial charge in [0.2, 0.25) is 0 Å². The second kappa shape index (κ2) is 7.86. The number of aromatic nitrogens is 2. The maximum Gasteiger partial charge on any atom is 0.262 e. The van der Waals surface area contributed by atoms with Gasteiger partial charge in [0.05, 0.1) is 0 Å². The average Bonchev–Trinajstić information content (AvgIpc) is 2.61. The first-order chi connectivity index (χ1) is 12.9. The molecular weight excluding hydrogens is 342 g/mol. The lowest BCUT2D eigenvalue weighted by Crippen LogP contribution is -2.20. The van der Waals surface area contributed by atoms with Gasteiger partial charge in [-0.15, -0.1) is 0 Å². The van der Waals surface area contributed by atoms with Crippen molar-refractivity contribution in [3.63, 3.8) is 0 Å². The highest BCUT2D eigenvalue weighted by atomic mass is 16.5. The number of benzene rings is 2. The molecule has 138 valence electrons. The number of anilines is 1. The Balaban J connectivity index is 1.71. The molecule has 27 heavy (non-hydrogen) atoms. The third-order valence-corrected chi connectivity index (χ3v) is 4.05. The van der Waals surface area contributed by atoms with E-state index in [2.05, 4.69) is 15.3 Å². The van der Waals surface area contributed by atoms with Crippen molar-refractivity contribution < 1.29 is 9.53 Å². The molecule has 0 fully saturated rings. The quantitative estimate of drug-likeness (QED) is 0.728. The SMILES string of the molecule is Cc1cc(=O)[nH]c(-c2cccc(NC(=O)COc3c(C)cccc3C)c2)n1. The summed E-state index contributed by atoms with van der Waals surface area (Å²) in [4.78, 5) is 30.9. The molecule has 1 aromatic heterocycles. The van der Waals surface area contributed by atoms with Gasteiger partial charge in [0.25, 0.3) is 11.5 Å². The number of para-hydroxylation sites is 1. The Bertz CT molecular complexity index is 1020. The zero-order valence-corrected chi connectivity index (χ0v) is 15.5. The summed E-state index contributed by atoms with van der Waals surface area (Å²) in [7, 11) is 0. The van der Waals surface area contributed by atoms with Gasteiger partial charge in [-0.25, -0.2) is 4.98 Å². The predicted octanol–water partition coefficient (Wildman–Crippen LogP) is 3.38. The lowest BCUT2D eigenvalue weighted by Gasteiger charge is -2.12. The molecule has 1 amide bonds. The van der Waals surface area contributed by atoms with E-state index in [-0.39, 0.29) is 18.1 Å². The van der Waals surface area contributed by atoms with Crippen LogP contribution in [0.5, 0.6) is 5.75 Å². The molecular formula is C21H21N3O3. The van der Waals surface area contributed by atoms with Crippen LogP contribution in [0.2, 0.25) is 0 Å². The number of nitrogens with one attached hydrogen (secondary N) is 2. The van der Waals surface area contributed by atoms with Crippen LogP contribution in [0.4, 0.5) is 5.69 Å². The molecule has 0 aliphatic heterocycles. The predicted molar refractivity (Wildman–Crippen MR) is 105 cm³/mol. The van der Waals surface area contributed by atoms with E-state index in [4.69, 9.17) is 4.74 Å². The first-order valence-electron chi connectivity index (χ1n) is 8.59. The minimum absolute atomic E-state index is 0.0878. The molecule has 3 rings (SSSR count). The van der Waals surface area contributed by atoms with Crippen LogP contribution < -0.4 is 15.6 Å². The van der Waals surface area contributed by atoms with Crippen molar-refractivity contribution in [1.82, 2.24) is 9.97 Å². The van der Waals surface area contributed by atoms with Crippen LogP contribution >= 0.6 is 0 Å². The number of hydrogen-bond donors (Lipinski definition) is 2. The van der Waals surface area contributed by atoms with Crippen molar-refractivity contribution in [2.45, 2.75) is 20.8 Å². The van der Waals surface area contributed by atoms with Gasteiger partial charge >= 0.3 is 0 Å². The van der Waals surface area contributed by atoms with Gasteiger partial charge in [0, 0.05) is 23.0 Å². The third kappa shape index (κ3) is 4.61. The molecule has 2 N–H and O–H groups in total. The lowest BCUT2D eigenvalue weighted by molar-refractivity contribution is -0.118. The molecule has 3 aromatic rings. The van der Waals surface area contributed by atoms with Gasteiger partial charge < -0.3 is 15.0 Å². The van der Waals surface area contributed by atoms with Crippen LogP contribution in [0.3, 0.4) is 0 Å². The van der Waals surface area contributed by atoms with E-state index in [1.807, 2.05) is 38.1 Å². The zero-order chi connectivity index (χ0) is 19.4. The van der Waals surface area contributed by atoms with Crippen molar-refractivity contribution in [1.29, 1.82) is 0 Å². The van der Waals surface area contributed by atoms with E-state index in [1.54, 1.807) is 25.1 Å². The van der Waals surface area contributed by atoms with Crippen LogP contribution in [0.15, 0.2) is 53.3 Å². The first-order valence-corrected chi connectivity index (χ1v) is 8.59. The normalized spacial score (nSPS) is 10.5. The van der Waals surface area contributed by atoms with Crippen molar-refractivity contribution in [3.8, 4) is 17.1 Å². The van der Waals surface area contributed by atoms with E-state index < -0.39 is 0 Å². The van der Waals surface area contributed by atoms with Crippen molar-refractivity contribution in [2.75, 3.05) is 11.9 Å².